The fourth-order valence-electron chi connectivity index (χ4n) is 2.25. The highest BCUT2D eigenvalue weighted by Crippen LogP contribution is 2.38. The van der Waals surface area contributed by atoms with Crippen LogP contribution in [0.2, 0.25) is 0 Å². The summed E-state index contributed by atoms with van der Waals surface area (Å²) in [6, 6.07) is 6.04. The molecule has 1 fully saturated rings. The number of rotatable bonds is 2. The number of hydrogen-bond donors (Lipinski definition) is 1. The van der Waals surface area contributed by atoms with Gasteiger partial charge in [0.1, 0.15) is 5.75 Å². The van der Waals surface area contributed by atoms with Crippen molar-refractivity contribution >= 4 is 22.6 Å². The van der Waals surface area contributed by atoms with Crippen LogP contribution in [0.1, 0.15) is 42.7 Å². The molecule has 1 aromatic rings. The summed E-state index contributed by atoms with van der Waals surface area (Å²) in [5.41, 5.74) is 2.50. The van der Waals surface area contributed by atoms with Gasteiger partial charge >= 0.3 is 0 Å². The summed E-state index contributed by atoms with van der Waals surface area (Å²) in [4.78, 5) is 0. The average molecular weight is 302 g/mol. The van der Waals surface area contributed by atoms with Crippen molar-refractivity contribution in [3.8, 4) is 5.75 Å². The van der Waals surface area contributed by atoms with Crippen LogP contribution in [0.25, 0.3) is 0 Å². The molecule has 76 valence electrons. The summed E-state index contributed by atoms with van der Waals surface area (Å²) in [5.74, 6) is 1.10. The first-order valence-corrected chi connectivity index (χ1v) is 6.71. The van der Waals surface area contributed by atoms with Crippen molar-refractivity contribution in [2.24, 2.45) is 0 Å². The second kappa shape index (κ2) is 4.51. The van der Waals surface area contributed by atoms with E-state index in [9.17, 15) is 5.11 Å². The van der Waals surface area contributed by atoms with Crippen LogP contribution >= 0.6 is 22.6 Å². The lowest BCUT2D eigenvalue weighted by Gasteiger charge is -2.12. The molecule has 1 aliphatic carbocycles. The summed E-state index contributed by atoms with van der Waals surface area (Å²) in [6.45, 7) is 0. The molecule has 1 N–H and O–H groups in total. The highest BCUT2D eigenvalue weighted by Gasteiger charge is 2.19. The molecule has 0 saturated heterocycles. The Morgan fingerprint density at radius 2 is 2.00 bits per heavy atom. The van der Waals surface area contributed by atoms with Crippen molar-refractivity contribution in [1.82, 2.24) is 0 Å². The van der Waals surface area contributed by atoms with Gasteiger partial charge in [0.25, 0.3) is 0 Å². The monoisotopic (exact) mass is 302 g/mol. The minimum absolute atomic E-state index is 0.491. The first kappa shape index (κ1) is 10.3. The van der Waals surface area contributed by atoms with E-state index in [1.165, 1.54) is 36.8 Å². The van der Waals surface area contributed by atoms with Gasteiger partial charge in [0.15, 0.2) is 0 Å². The lowest BCUT2D eigenvalue weighted by molar-refractivity contribution is 0.461. The van der Waals surface area contributed by atoms with Gasteiger partial charge in [-0.25, -0.2) is 0 Å². The standard InChI is InChI=1S/C12H15IO/c13-8-9-5-6-12(14)11(7-9)10-3-1-2-4-10/h5-7,10,14H,1-4,8H2. The lowest BCUT2D eigenvalue weighted by Crippen LogP contribution is -1.94. The van der Waals surface area contributed by atoms with E-state index in [-0.39, 0.29) is 0 Å². The summed E-state index contributed by atoms with van der Waals surface area (Å²) in [5, 5.41) is 9.79. The second-order valence-electron chi connectivity index (χ2n) is 4.01. The molecule has 1 aromatic carbocycles. The lowest BCUT2D eigenvalue weighted by atomic mass is 9.95. The van der Waals surface area contributed by atoms with Crippen LogP contribution in [0.3, 0.4) is 0 Å². The molecule has 2 heteroatoms. The van der Waals surface area contributed by atoms with Crippen LogP contribution in [-0.2, 0) is 4.43 Å². The van der Waals surface area contributed by atoms with Crippen LogP contribution in [0.15, 0.2) is 18.2 Å². The molecule has 0 aromatic heterocycles. The van der Waals surface area contributed by atoms with Crippen molar-refractivity contribution < 1.29 is 5.11 Å². The Bertz CT molecular complexity index is 316. The van der Waals surface area contributed by atoms with Gasteiger partial charge in [0.05, 0.1) is 0 Å². The number of phenols is 1. The van der Waals surface area contributed by atoms with E-state index in [4.69, 9.17) is 0 Å². The predicted octanol–water partition coefficient (Wildman–Crippen LogP) is 3.98. The number of aromatic hydroxyl groups is 1. The third-order valence-electron chi connectivity index (χ3n) is 3.04. The van der Waals surface area contributed by atoms with Crippen molar-refractivity contribution in [3.05, 3.63) is 29.3 Å². The largest absolute Gasteiger partial charge is 0.508 e. The van der Waals surface area contributed by atoms with E-state index in [0.29, 0.717) is 11.7 Å². The van der Waals surface area contributed by atoms with E-state index in [1.807, 2.05) is 12.1 Å². The quantitative estimate of drug-likeness (QED) is 0.647. The van der Waals surface area contributed by atoms with Gasteiger partial charge in [-0.15, -0.1) is 0 Å². The molecule has 0 heterocycles. The molecular formula is C12H15IO. The molecule has 0 bridgehead atoms. The van der Waals surface area contributed by atoms with Gasteiger partial charge in [-0.3, -0.25) is 0 Å². The smallest absolute Gasteiger partial charge is 0.119 e. The van der Waals surface area contributed by atoms with E-state index in [1.54, 1.807) is 0 Å². The molecule has 0 unspecified atom stereocenters. The van der Waals surface area contributed by atoms with Crippen LogP contribution in [0.5, 0.6) is 5.75 Å². The summed E-state index contributed by atoms with van der Waals surface area (Å²) in [7, 11) is 0. The Balaban J connectivity index is 2.29. The summed E-state index contributed by atoms with van der Waals surface area (Å²) >= 11 is 2.36. The molecule has 0 aliphatic heterocycles. The minimum atomic E-state index is 0.491. The van der Waals surface area contributed by atoms with Crippen LogP contribution in [-0.4, -0.2) is 5.11 Å². The number of alkyl halides is 1. The van der Waals surface area contributed by atoms with Crippen molar-refractivity contribution in [3.63, 3.8) is 0 Å². The molecule has 1 aliphatic rings. The second-order valence-corrected chi connectivity index (χ2v) is 4.77. The Kier molecular flexibility index (Phi) is 3.31. The fraction of sp³-hybridized carbons (Fsp3) is 0.500. The maximum Gasteiger partial charge on any atom is 0.119 e. The Hall–Kier alpha value is -0.250. The predicted molar refractivity (Wildman–Crippen MR) is 67.0 cm³/mol. The summed E-state index contributed by atoms with van der Waals surface area (Å²) in [6.07, 6.45) is 5.13. The summed E-state index contributed by atoms with van der Waals surface area (Å²) < 4.78 is 1.03. The molecular weight excluding hydrogens is 287 g/mol. The fourth-order valence-corrected chi connectivity index (χ4v) is 2.73. The molecule has 0 amide bonds. The SMILES string of the molecule is Oc1ccc(CI)cc1C1CCCC1. The van der Waals surface area contributed by atoms with Gasteiger partial charge in [-0.05, 0) is 36.0 Å². The topological polar surface area (TPSA) is 20.2 Å². The molecule has 0 radical (unpaired) electrons. The van der Waals surface area contributed by atoms with E-state index < -0.39 is 0 Å². The molecule has 1 nitrogen and oxygen atoms in total. The molecule has 0 atom stereocenters. The third-order valence-corrected chi connectivity index (χ3v) is 3.92. The first-order valence-electron chi connectivity index (χ1n) is 5.19. The zero-order valence-electron chi connectivity index (χ0n) is 8.17. The molecule has 0 spiro atoms. The van der Waals surface area contributed by atoms with Crippen molar-refractivity contribution in [2.75, 3.05) is 0 Å². The molecule has 14 heavy (non-hydrogen) atoms. The molecule has 2 rings (SSSR count). The Labute approximate surface area is 98.7 Å². The number of phenolic OH excluding ortho intramolecular Hbond substituents is 1. The van der Waals surface area contributed by atoms with Gasteiger partial charge in [0.2, 0.25) is 0 Å². The Morgan fingerprint density at radius 1 is 1.29 bits per heavy atom. The van der Waals surface area contributed by atoms with Crippen molar-refractivity contribution in [2.45, 2.75) is 36.0 Å². The van der Waals surface area contributed by atoms with E-state index in [0.717, 1.165) is 4.43 Å². The maximum absolute atomic E-state index is 9.79. The average Bonchev–Trinajstić information content (AvgIpc) is 2.71. The van der Waals surface area contributed by atoms with E-state index in [2.05, 4.69) is 28.7 Å². The normalized spacial score (nSPS) is 17.5. The maximum atomic E-state index is 9.79. The first-order chi connectivity index (χ1) is 6.81. The number of benzene rings is 1. The zero-order chi connectivity index (χ0) is 9.97. The van der Waals surface area contributed by atoms with Crippen LogP contribution in [0, 0.1) is 0 Å². The van der Waals surface area contributed by atoms with Crippen LogP contribution in [0.4, 0.5) is 0 Å². The third kappa shape index (κ3) is 2.05. The highest BCUT2D eigenvalue weighted by molar-refractivity contribution is 14.1. The van der Waals surface area contributed by atoms with Gasteiger partial charge < -0.3 is 5.11 Å². The van der Waals surface area contributed by atoms with Gasteiger partial charge in [-0.2, -0.15) is 0 Å². The number of halogens is 1. The van der Waals surface area contributed by atoms with Gasteiger partial charge in [-0.1, -0.05) is 47.6 Å². The highest BCUT2D eigenvalue weighted by atomic mass is 127. The van der Waals surface area contributed by atoms with Crippen LogP contribution < -0.4 is 0 Å². The Morgan fingerprint density at radius 3 is 2.64 bits per heavy atom. The van der Waals surface area contributed by atoms with Gasteiger partial charge in [0, 0.05) is 4.43 Å². The van der Waals surface area contributed by atoms with E-state index >= 15 is 0 Å². The molecule has 1 saturated carbocycles. The minimum Gasteiger partial charge on any atom is -0.508 e. The zero-order valence-corrected chi connectivity index (χ0v) is 10.3. The van der Waals surface area contributed by atoms with Crippen molar-refractivity contribution in [1.29, 1.82) is 0 Å². The number of hydrogen-bond acceptors (Lipinski definition) is 1.